The van der Waals surface area contributed by atoms with E-state index in [0.29, 0.717) is 16.2 Å². The lowest BCUT2D eigenvalue weighted by Gasteiger charge is -2.05. The molecular weight excluding hydrogens is 360 g/mol. The highest BCUT2D eigenvalue weighted by Crippen LogP contribution is 2.29. The third-order valence-corrected chi connectivity index (χ3v) is 5.18. The number of phenolic OH excluding ortho intramolecular Hbond substituents is 1. The SMILES string of the molecule is Oc1ccc2ccccc2c1C=Nn1c(-c2n[nH]c3c2CCC3)n[nH]c1=S. The van der Waals surface area contributed by atoms with Crippen molar-refractivity contribution in [1.82, 2.24) is 25.1 Å². The molecule has 0 atom stereocenters. The fourth-order valence-corrected chi connectivity index (χ4v) is 3.77. The summed E-state index contributed by atoms with van der Waals surface area (Å²) in [5.41, 5.74) is 3.73. The zero-order valence-electron chi connectivity index (χ0n) is 14.3. The number of phenols is 1. The van der Waals surface area contributed by atoms with Gasteiger partial charge < -0.3 is 5.11 Å². The Balaban J connectivity index is 1.63. The van der Waals surface area contributed by atoms with Crippen molar-refractivity contribution in [3.05, 3.63) is 58.0 Å². The molecule has 134 valence electrons. The Morgan fingerprint density at radius 2 is 2.00 bits per heavy atom. The van der Waals surface area contributed by atoms with E-state index in [0.717, 1.165) is 41.4 Å². The molecule has 2 aromatic carbocycles. The van der Waals surface area contributed by atoms with Gasteiger partial charge in [0, 0.05) is 16.8 Å². The van der Waals surface area contributed by atoms with Crippen molar-refractivity contribution in [2.75, 3.05) is 0 Å². The van der Waals surface area contributed by atoms with Crippen LogP contribution in [0.3, 0.4) is 0 Å². The van der Waals surface area contributed by atoms with Gasteiger partial charge >= 0.3 is 0 Å². The van der Waals surface area contributed by atoms with E-state index in [2.05, 4.69) is 25.5 Å². The van der Waals surface area contributed by atoms with E-state index in [-0.39, 0.29) is 5.75 Å². The molecule has 0 radical (unpaired) electrons. The van der Waals surface area contributed by atoms with Crippen LogP contribution in [-0.2, 0) is 12.8 Å². The summed E-state index contributed by atoms with van der Waals surface area (Å²) >= 11 is 5.35. The second-order valence-corrected chi connectivity index (χ2v) is 6.90. The van der Waals surface area contributed by atoms with Crippen LogP contribution in [0, 0.1) is 4.77 Å². The first-order valence-electron chi connectivity index (χ1n) is 8.71. The average Bonchev–Trinajstić information content (AvgIpc) is 3.37. The molecule has 0 amide bonds. The fraction of sp³-hybridized carbons (Fsp3) is 0.158. The van der Waals surface area contributed by atoms with Gasteiger partial charge in [-0.2, -0.15) is 20.0 Å². The Hall–Kier alpha value is -3.26. The molecule has 3 N–H and O–H groups in total. The average molecular weight is 376 g/mol. The van der Waals surface area contributed by atoms with Crippen molar-refractivity contribution in [3.63, 3.8) is 0 Å². The van der Waals surface area contributed by atoms with E-state index >= 15 is 0 Å². The van der Waals surface area contributed by atoms with Crippen LogP contribution in [0.2, 0.25) is 0 Å². The largest absolute Gasteiger partial charge is 0.507 e. The number of rotatable bonds is 3. The summed E-state index contributed by atoms with van der Waals surface area (Å²) in [6.07, 6.45) is 4.68. The molecule has 0 unspecified atom stereocenters. The van der Waals surface area contributed by atoms with Crippen molar-refractivity contribution >= 4 is 29.2 Å². The summed E-state index contributed by atoms with van der Waals surface area (Å²) in [5.74, 6) is 0.727. The highest BCUT2D eigenvalue weighted by atomic mass is 32.1. The topological polar surface area (TPSA) is 94.9 Å². The number of fused-ring (bicyclic) bond motifs is 2. The van der Waals surface area contributed by atoms with Crippen molar-refractivity contribution < 1.29 is 5.11 Å². The number of benzene rings is 2. The number of aromatic amines is 2. The van der Waals surface area contributed by atoms with E-state index in [9.17, 15) is 5.11 Å². The Labute approximate surface area is 159 Å². The maximum absolute atomic E-state index is 10.3. The molecule has 1 aliphatic rings. The lowest BCUT2D eigenvalue weighted by Crippen LogP contribution is -1.98. The van der Waals surface area contributed by atoms with Gasteiger partial charge in [-0.15, -0.1) is 0 Å². The molecule has 0 aliphatic heterocycles. The highest BCUT2D eigenvalue weighted by molar-refractivity contribution is 7.71. The van der Waals surface area contributed by atoms with Crippen LogP contribution in [-0.4, -0.2) is 36.4 Å². The van der Waals surface area contributed by atoms with Crippen LogP contribution < -0.4 is 0 Å². The number of hydrogen-bond acceptors (Lipinski definition) is 5. The fourth-order valence-electron chi connectivity index (χ4n) is 3.59. The van der Waals surface area contributed by atoms with E-state index in [4.69, 9.17) is 12.2 Å². The molecule has 5 rings (SSSR count). The Bertz CT molecular complexity index is 1250. The van der Waals surface area contributed by atoms with Gasteiger partial charge in [0.15, 0.2) is 0 Å². The van der Waals surface area contributed by atoms with Crippen molar-refractivity contribution in [1.29, 1.82) is 0 Å². The Morgan fingerprint density at radius 3 is 2.93 bits per heavy atom. The predicted molar refractivity (Wildman–Crippen MR) is 106 cm³/mol. The highest BCUT2D eigenvalue weighted by Gasteiger charge is 2.23. The minimum absolute atomic E-state index is 0.162. The van der Waals surface area contributed by atoms with Crippen LogP contribution in [0.25, 0.3) is 22.3 Å². The van der Waals surface area contributed by atoms with E-state index in [1.165, 1.54) is 5.56 Å². The van der Waals surface area contributed by atoms with Crippen LogP contribution in [0.1, 0.15) is 23.2 Å². The standard InChI is InChI=1S/C19H16N6OS/c26-16-9-8-11-4-1-2-5-12(11)14(16)10-20-25-18(23-24-19(25)27)17-13-6-3-7-15(13)21-22-17/h1-2,4-5,8-10,26H,3,6-7H2,(H,21,22)(H,24,27). The normalized spacial score (nSPS) is 13.6. The molecule has 27 heavy (non-hydrogen) atoms. The van der Waals surface area contributed by atoms with Crippen molar-refractivity contribution in [2.24, 2.45) is 5.10 Å². The maximum Gasteiger partial charge on any atom is 0.216 e. The first-order valence-corrected chi connectivity index (χ1v) is 9.12. The molecule has 7 nitrogen and oxygen atoms in total. The van der Waals surface area contributed by atoms with E-state index < -0.39 is 0 Å². The van der Waals surface area contributed by atoms with Crippen LogP contribution in [0.15, 0.2) is 41.5 Å². The second-order valence-electron chi connectivity index (χ2n) is 6.51. The van der Waals surface area contributed by atoms with Crippen molar-refractivity contribution in [2.45, 2.75) is 19.3 Å². The molecule has 0 bridgehead atoms. The number of hydrogen-bond donors (Lipinski definition) is 3. The summed E-state index contributed by atoms with van der Waals surface area (Å²) in [7, 11) is 0. The van der Waals surface area contributed by atoms with Crippen LogP contribution in [0.5, 0.6) is 5.75 Å². The molecule has 0 saturated heterocycles. The summed E-state index contributed by atoms with van der Waals surface area (Å²) < 4.78 is 1.92. The number of aromatic hydroxyl groups is 1. The molecule has 0 spiro atoms. The van der Waals surface area contributed by atoms with Crippen LogP contribution in [0.4, 0.5) is 0 Å². The molecule has 2 heterocycles. The Kier molecular flexibility index (Phi) is 3.64. The molecule has 0 saturated carbocycles. The maximum atomic E-state index is 10.3. The molecule has 4 aromatic rings. The number of aromatic nitrogens is 5. The number of H-pyrrole nitrogens is 2. The van der Waals surface area contributed by atoms with Gasteiger partial charge in [0.2, 0.25) is 10.6 Å². The summed E-state index contributed by atoms with van der Waals surface area (Å²) in [6, 6.07) is 11.4. The third kappa shape index (κ3) is 2.57. The minimum atomic E-state index is 0.162. The van der Waals surface area contributed by atoms with Gasteiger partial charge in [0.05, 0.1) is 6.21 Å². The number of nitrogens with one attached hydrogen (secondary N) is 2. The quantitative estimate of drug-likeness (QED) is 0.376. The van der Waals surface area contributed by atoms with Gasteiger partial charge in [0.1, 0.15) is 11.4 Å². The molecule has 1 aliphatic carbocycles. The molecular formula is C19H16N6OS. The summed E-state index contributed by atoms with van der Waals surface area (Å²) in [5, 5.41) is 31.4. The lowest BCUT2D eigenvalue weighted by molar-refractivity contribution is 0.475. The monoisotopic (exact) mass is 376 g/mol. The first-order chi connectivity index (χ1) is 13.2. The number of aryl methyl sites for hydroxylation is 1. The van der Waals surface area contributed by atoms with Gasteiger partial charge in [-0.3, -0.25) is 5.10 Å². The zero-order valence-corrected chi connectivity index (χ0v) is 15.1. The second kappa shape index (κ2) is 6.17. The van der Waals surface area contributed by atoms with E-state index in [1.54, 1.807) is 17.0 Å². The zero-order chi connectivity index (χ0) is 18.4. The lowest BCUT2D eigenvalue weighted by atomic mass is 10.0. The van der Waals surface area contributed by atoms with E-state index in [1.807, 2.05) is 30.3 Å². The van der Waals surface area contributed by atoms with Crippen LogP contribution >= 0.6 is 12.2 Å². The minimum Gasteiger partial charge on any atom is -0.507 e. The predicted octanol–water partition coefficient (Wildman–Crippen LogP) is 3.56. The van der Waals surface area contributed by atoms with Crippen molar-refractivity contribution in [3.8, 4) is 17.3 Å². The number of nitrogens with zero attached hydrogens (tertiary/aromatic N) is 4. The molecule has 0 fully saturated rings. The third-order valence-electron chi connectivity index (χ3n) is 4.92. The Morgan fingerprint density at radius 1 is 1.11 bits per heavy atom. The van der Waals surface area contributed by atoms with Gasteiger partial charge in [-0.1, -0.05) is 30.3 Å². The summed E-state index contributed by atoms with van der Waals surface area (Å²) in [4.78, 5) is 0. The summed E-state index contributed by atoms with van der Waals surface area (Å²) in [6.45, 7) is 0. The van der Waals surface area contributed by atoms with Gasteiger partial charge in [0.25, 0.3) is 0 Å². The van der Waals surface area contributed by atoms with Gasteiger partial charge in [-0.25, -0.2) is 5.10 Å². The molecule has 2 aromatic heterocycles. The smallest absolute Gasteiger partial charge is 0.216 e. The first kappa shape index (κ1) is 16.0. The molecule has 8 heteroatoms. The van der Waals surface area contributed by atoms with Gasteiger partial charge in [-0.05, 0) is 48.3 Å².